The van der Waals surface area contributed by atoms with Crippen LogP contribution in [0.25, 0.3) is 17.1 Å². The standard InChI is InChI=1S/C19H17N5O2S/c1-2-25-16-11-7-6-10-15(16)18-21-17(26-23-18)12-27-19-20-13-24(22-19)14-8-4-3-5-9-14/h3-11,13H,2,12H2,1H3. The zero-order valence-electron chi connectivity index (χ0n) is 14.6. The fraction of sp³-hybridized carbons (Fsp3) is 0.158. The molecule has 4 rings (SSSR count). The van der Waals surface area contributed by atoms with Gasteiger partial charge < -0.3 is 9.26 Å². The number of hydrogen-bond donors (Lipinski definition) is 0. The molecule has 2 aromatic heterocycles. The number of nitrogens with zero attached hydrogens (tertiary/aromatic N) is 5. The van der Waals surface area contributed by atoms with Crippen LogP contribution in [0.3, 0.4) is 0 Å². The first-order valence-corrected chi connectivity index (χ1v) is 9.46. The Morgan fingerprint density at radius 3 is 2.74 bits per heavy atom. The molecule has 0 aliphatic carbocycles. The van der Waals surface area contributed by atoms with E-state index in [9.17, 15) is 0 Å². The maximum Gasteiger partial charge on any atom is 0.237 e. The van der Waals surface area contributed by atoms with Crippen molar-refractivity contribution in [2.75, 3.05) is 6.61 Å². The lowest BCUT2D eigenvalue weighted by atomic mass is 10.2. The van der Waals surface area contributed by atoms with Gasteiger partial charge in [0, 0.05) is 0 Å². The quantitative estimate of drug-likeness (QED) is 0.449. The molecule has 0 aliphatic heterocycles. The summed E-state index contributed by atoms with van der Waals surface area (Å²) in [5, 5.41) is 9.17. The summed E-state index contributed by atoms with van der Waals surface area (Å²) in [5.74, 6) is 2.25. The Hall–Kier alpha value is -3.13. The number of para-hydroxylation sites is 2. The lowest BCUT2D eigenvalue weighted by molar-refractivity contribution is 0.341. The fourth-order valence-corrected chi connectivity index (χ4v) is 3.14. The summed E-state index contributed by atoms with van der Waals surface area (Å²) in [6.45, 7) is 2.52. The number of thioether (sulfide) groups is 1. The van der Waals surface area contributed by atoms with Gasteiger partial charge in [0.25, 0.3) is 0 Å². The predicted octanol–water partition coefficient (Wildman–Crippen LogP) is 4.01. The molecule has 27 heavy (non-hydrogen) atoms. The van der Waals surface area contributed by atoms with Gasteiger partial charge in [0.15, 0.2) is 0 Å². The first-order valence-electron chi connectivity index (χ1n) is 8.48. The van der Waals surface area contributed by atoms with E-state index in [-0.39, 0.29) is 0 Å². The minimum Gasteiger partial charge on any atom is -0.493 e. The van der Waals surface area contributed by atoms with Crippen molar-refractivity contribution in [3.8, 4) is 22.8 Å². The number of hydrogen-bond acceptors (Lipinski definition) is 7. The lowest BCUT2D eigenvalue weighted by Crippen LogP contribution is -1.94. The van der Waals surface area contributed by atoms with E-state index in [1.165, 1.54) is 11.8 Å². The molecular formula is C19H17N5O2S. The molecule has 0 saturated carbocycles. The summed E-state index contributed by atoms with van der Waals surface area (Å²) >= 11 is 1.44. The summed E-state index contributed by atoms with van der Waals surface area (Å²) in [5.41, 5.74) is 1.77. The Kier molecular flexibility index (Phi) is 5.15. The Bertz CT molecular complexity index is 1020. The van der Waals surface area contributed by atoms with E-state index in [4.69, 9.17) is 9.26 Å². The number of ether oxygens (including phenoxy) is 1. The van der Waals surface area contributed by atoms with Crippen LogP contribution in [0.15, 0.2) is 70.6 Å². The Balaban J connectivity index is 1.44. The Morgan fingerprint density at radius 2 is 1.89 bits per heavy atom. The molecule has 0 saturated heterocycles. The molecule has 0 bridgehead atoms. The van der Waals surface area contributed by atoms with Gasteiger partial charge in [-0.3, -0.25) is 0 Å². The maximum atomic E-state index is 5.63. The molecule has 0 aliphatic rings. The van der Waals surface area contributed by atoms with Crippen molar-refractivity contribution in [2.45, 2.75) is 17.8 Å². The summed E-state index contributed by atoms with van der Waals surface area (Å²) in [4.78, 5) is 8.78. The molecule has 2 heterocycles. The molecule has 2 aromatic carbocycles. The predicted molar refractivity (Wildman–Crippen MR) is 102 cm³/mol. The first kappa shape index (κ1) is 17.3. The average Bonchev–Trinajstić information content (AvgIpc) is 3.37. The lowest BCUT2D eigenvalue weighted by Gasteiger charge is -2.05. The topological polar surface area (TPSA) is 78.9 Å². The van der Waals surface area contributed by atoms with Crippen LogP contribution < -0.4 is 4.74 Å². The molecule has 0 atom stereocenters. The van der Waals surface area contributed by atoms with Gasteiger partial charge in [-0.05, 0) is 31.2 Å². The Labute approximate surface area is 160 Å². The molecule has 0 amide bonds. The van der Waals surface area contributed by atoms with Gasteiger partial charge in [-0.15, -0.1) is 5.10 Å². The zero-order chi connectivity index (χ0) is 18.5. The zero-order valence-corrected chi connectivity index (χ0v) is 15.5. The van der Waals surface area contributed by atoms with Crippen LogP contribution in [0, 0.1) is 0 Å². The SMILES string of the molecule is CCOc1ccccc1-c1noc(CSc2ncn(-c3ccccc3)n2)n1. The number of rotatable bonds is 7. The second kappa shape index (κ2) is 8.05. The van der Waals surface area contributed by atoms with E-state index in [0.717, 1.165) is 17.0 Å². The largest absolute Gasteiger partial charge is 0.493 e. The summed E-state index contributed by atoms with van der Waals surface area (Å²) in [6.07, 6.45) is 1.69. The third-order valence-corrected chi connectivity index (χ3v) is 4.55. The van der Waals surface area contributed by atoms with E-state index >= 15 is 0 Å². The van der Waals surface area contributed by atoms with Crippen LogP contribution >= 0.6 is 11.8 Å². The van der Waals surface area contributed by atoms with Gasteiger partial charge >= 0.3 is 0 Å². The molecule has 0 radical (unpaired) electrons. The first-order chi connectivity index (χ1) is 13.3. The third-order valence-electron chi connectivity index (χ3n) is 3.71. The van der Waals surface area contributed by atoms with Gasteiger partial charge in [0.1, 0.15) is 12.1 Å². The van der Waals surface area contributed by atoms with Gasteiger partial charge in [-0.25, -0.2) is 9.67 Å². The molecule has 0 fully saturated rings. The molecule has 7 nitrogen and oxygen atoms in total. The molecular weight excluding hydrogens is 362 g/mol. The maximum absolute atomic E-state index is 5.63. The van der Waals surface area contributed by atoms with E-state index in [0.29, 0.717) is 29.2 Å². The molecule has 4 aromatic rings. The molecule has 8 heteroatoms. The van der Waals surface area contributed by atoms with E-state index in [2.05, 4.69) is 20.2 Å². The van der Waals surface area contributed by atoms with Crippen molar-refractivity contribution >= 4 is 11.8 Å². The normalized spacial score (nSPS) is 10.9. The summed E-state index contributed by atoms with van der Waals surface area (Å²) < 4.78 is 12.7. The van der Waals surface area contributed by atoms with E-state index < -0.39 is 0 Å². The van der Waals surface area contributed by atoms with Crippen LogP contribution in [0.2, 0.25) is 0 Å². The van der Waals surface area contributed by atoms with Crippen molar-refractivity contribution in [3.63, 3.8) is 0 Å². The summed E-state index contributed by atoms with van der Waals surface area (Å²) in [7, 11) is 0. The van der Waals surface area contributed by atoms with Crippen molar-refractivity contribution in [3.05, 3.63) is 66.8 Å². The van der Waals surface area contributed by atoms with Crippen LogP contribution in [-0.2, 0) is 5.75 Å². The second-order valence-electron chi connectivity index (χ2n) is 5.54. The van der Waals surface area contributed by atoms with Gasteiger partial charge in [-0.1, -0.05) is 47.3 Å². The summed E-state index contributed by atoms with van der Waals surface area (Å²) in [6, 6.07) is 17.5. The monoisotopic (exact) mass is 379 g/mol. The van der Waals surface area contributed by atoms with Gasteiger partial charge in [0.05, 0.1) is 23.6 Å². The van der Waals surface area contributed by atoms with Crippen LogP contribution in [-0.4, -0.2) is 31.5 Å². The van der Waals surface area contributed by atoms with Crippen molar-refractivity contribution in [2.24, 2.45) is 0 Å². The number of aromatic nitrogens is 5. The van der Waals surface area contributed by atoms with Crippen molar-refractivity contribution in [1.82, 2.24) is 24.9 Å². The third kappa shape index (κ3) is 4.01. The highest BCUT2D eigenvalue weighted by Gasteiger charge is 2.14. The second-order valence-corrected chi connectivity index (χ2v) is 6.48. The Morgan fingerprint density at radius 1 is 1.07 bits per heavy atom. The van der Waals surface area contributed by atoms with Gasteiger partial charge in [0.2, 0.25) is 16.9 Å². The van der Waals surface area contributed by atoms with Gasteiger partial charge in [-0.2, -0.15) is 4.98 Å². The minimum atomic E-state index is 0.489. The van der Waals surface area contributed by atoms with E-state index in [1.54, 1.807) is 11.0 Å². The number of benzene rings is 2. The molecule has 0 N–H and O–H groups in total. The van der Waals surface area contributed by atoms with Crippen molar-refractivity contribution in [1.29, 1.82) is 0 Å². The minimum absolute atomic E-state index is 0.489. The van der Waals surface area contributed by atoms with Crippen molar-refractivity contribution < 1.29 is 9.26 Å². The highest BCUT2D eigenvalue weighted by Crippen LogP contribution is 2.28. The average molecular weight is 379 g/mol. The molecule has 136 valence electrons. The smallest absolute Gasteiger partial charge is 0.237 e. The molecule has 0 spiro atoms. The highest BCUT2D eigenvalue weighted by molar-refractivity contribution is 7.98. The van der Waals surface area contributed by atoms with Crippen LogP contribution in [0.1, 0.15) is 12.8 Å². The highest BCUT2D eigenvalue weighted by atomic mass is 32.2. The fourth-order valence-electron chi connectivity index (χ4n) is 2.50. The molecule has 0 unspecified atom stereocenters. The van der Waals surface area contributed by atoms with Crippen LogP contribution in [0.4, 0.5) is 0 Å². The van der Waals surface area contributed by atoms with E-state index in [1.807, 2.05) is 61.5 Å². The van der Waals surface area contributed by atoms with Crippen LogP contribution in [0.5, 0.6) is 5.75 Å².